The average molecular weight is 256 g/mol. The molecule has 0 atom stereocenters. The Balaban J connectivity index is 2.66. The van der Waals surface area contributed by atoms with Crippen molar-refractivity contribution in [2.75, 3.05) is 0 Å². The Morgan fingerprint density at radius 3 is 1.74 bits per heavy atom. The molecule has 1 aromatic heterocycles. The SMILES string of the molecule is Cc1cc(C(=O)c2c(C)c(C)c(C)c(C)c2C)co1. The van der Waals surface area contributed by atoms with Crippen molar-refractivity contribution in [3.8, 4) is 0 Å². The molecule has 19 heavy (non-hydrogen) atoms. The van der Waals surface area contributed by atoms with Gasteiger partial charge in [-0.3, -0.25) is 4.79 Å². The van der Waals surface area contributed by atoms with E-state index in [0.717, 1.165) is 22.5 Å². The topological polar surface area (TPSA) is 30.2 Å². The van der Waals surface area contributed by atoms with Gasteiger partial charge >= 0.3 is 0 Å². The Bertz CT molecular complexity index is 631. The number of aryl methyl sites for hydroxylation is 1. The molecule has 0 spiro atoms. The van der Waals surface area contributed by atoms with Crippen LogP contribution in [0.4, 0.5) is 0 Å². The van der Waals surface area contributed by atoms with Gasteiger partial charge in [-0.05, 0) is 75.4 Å². The summed E-state index contributed by atoms with van der Waals surface area (Å²) in [5.74, 6) is 0.817. The zero-order valence-electron chi connectivity index (χ0n) is 12.5. The maximum absolute atomic E-state index is 12.7. The minimum atomic E-state index is 0.0538. The second-order valence-electron chi connectivity index (χ2n) is 5.28. The van der Waals surface area contributed by atoms with Gasteiger partial charge in [0.15, 0.2) is 5.78 Å². The molecule has 0 aliphatic rings. The summed E-state index contributed by atoms with van der Waals surface area (Å²) in [6, 6.07) is 1.80. The van der Waals surface area contributed by atoms with Crippen LogP contribution in [0.5, 0.6) is 0 Å². The average Bonchev–Trinajstić information content (AvgIpc) is 2.81. The molecular weight excluding hydrogens is 236 g/mol. The molecule has 2 heteroatoms. The number of carbonyl (C=O) groups excluding carboxylic acids is 1. The molecule has 0 fully saturated rings. The number of ketones is 1. The van der Waals surface area contributed by atoms with E-state index in [9.17, 15) is 4.79 Å². The Hall–Kier alpha value is -1.83. The highest BCUT2D eigenvalue weighted by atomic mass is 16.3. The monoisotopic (exact) mass is 256 g/mol. The molecule has 1 aromatic carbocycles. The van der Waals surface area contributed by atoms with E-state index in [4.69, 9.17) is 4.42 Å². The van der Waals surface area contributed by atoms with Gasteiger partial charge in [-0.15, -0.1) is 0 Å². The van der Waals surface area contributed by atoms with Crippen molar-refractivity contribution in [3.05, 3.63) is 57.0 Å². The Labute approximate surface area is 114 Å². The molecule has 2 aromatic rings. The summed E-state index contributed by atoms with van der Waals surface area (Å²) >= 11 is 0. The van der Waals surface area contributed by atoms with Gasteiger partial charge in [0.1, 0.15) is 12.0 Å². The number of carbonyl (C=O) groups is 1. The summed E-state index contributed by atoms with van der Waals surface area (Å²) < 4.78 is 5.25. The van der Waals surface area contributed by atoms with E-state index < -0.39 is 0 Å². The van der Waals surface area contributed by atoms with Crippen LogP contribution in [0.2, 0.25) is 0 Å². The van der Waals surface area contributed by atoms with Crippen LogP contribution in [-0.4, -0.2) is 5.78 Å². The molecule has 0 unspecified atom stereocenters. The lowest BCUT2D eigenvalue weighted by Crippen LogP contribution is -2.10. The first-order valence-corrected chi connectivity index (χ1v) is 6.51. The van der Waals surface area contributed by atoms with Crippen molar-refractivity contribution in [2.24, 2.45) is 0 Å². The lowest BCUT2D eigenvalue weighted by Gasteiger charge is -2.17. The predicted octanol–water partition coefficient (Wildman–Crippen LogP) is 4.36. The summed E-state index contributed by atoms with van der Waals surface area (Å²) in [4.78, 5) is 12.7. The van der Waals surface area contributed by atoms with E-state index >= 15 is 0 Å². The van der Waals surface area contributed by atoms with Gasteiger partial charge in [0.2, 0.25) is 0 Å². The van der Waals surface area contributed by atoms with Crippen LogP contribution in [0.3, 0.4) is 0 Å². The van der Waals surface area contributed by atoms with Crippen LogP contribution in [-0.2, 0) is 0 Å². The van der Waals surface area contributed by atoms with Crippen molar-refractivity contribution in [1.29, 1.82) is 0 Å². The van der Waals surface area contributed by atoms with Crippen molar-refractivity contribution < 1.29 is 9.21 Å². The molecule has 0 amide bonds. The van der Waals surface area contributed by atoms with Gasteiger partial charge in [0.05, 0.1) is 5.56 Å². The molecule has 2 nitrogen and oxygen atoms in total. The summed E-state index contributed by atoms with van der Waals surface area (Å²) in [5, 5.41) is 0. The molecule has 1 heterocycles. The summed E-state index contributed by atoms with van der Waals surface area (Å²) in [7, 11) is 0. The highest BCUT2D eigenvalue weighted by Crippen LogP contribution is 2.28. The first-order chi connectivity index (χ1) is 8.84. The van der Waals surface area contributed by atoms with E-state index in [0.29, 0.717) is 5.56 Å². The quantitative estimate of drug-likeness (QED) is 0.747. The van der Waals surface area contributed by atoms with Crippen LogP contribution in [0, 0.1) is 41.5 Å². The van der Waals surface area contributed by atoms with Crippen molar-refractivity contribution in [3.63, 3.8) is 0 Å². The van der Waals surface area contributed by atoms with Crippen LogP contribution in [0.1, 0.15) is 49.5 Å². The lowest BCUT2D eigenvalue weighted by molar-refractivity contribution is 0.103. The second kappa shape index (κ2) is 4.69. The van der Waals surface area contributed by atoms with E-state index in [1.165, 1.54) is 16.7 Å². The minimum Gasteiger partial charge on any atom is -0.469 e. The Morgan fingerprint density at radius 1 is 0.842 bits per heavy atom. The highest BCUT2D eigenvalue weighted by Gasteiger charge is 2.20. The third kappa shape index (κ3) is 2.12. The Morgan fingerprint density at radius 2 is 1.32 bits per heavy atom. The highest BCUT2D eigenvalue weighted by molar-refractivity contribution is 6.11. The number of furan rings is 1. The molecule has 100 valence electrons. The van der Waals surface area contributed by atoms with Crippen molar-refractivity contribution >= 4 is 5.78 Å². The molecular formula is C17H20O2. The Kier molecular flexibility index (Phi) is 3.36. The first kappa shape index (κ1) is 13.6. The third-order valence-corrected chi connectivity index (χ3v) is 4.22. The van der Waals surface area contributed by atoms with E-state index in [-0.39, 0.29) is 5.78 Å². The fourth-order valence-corrected chi connectivity index (χ4v) is 2.55. The van der Waals surface area contributed by atoms with Gasteiger partial charge in [-0.2, -0.15) is 0 Å². The summed E-state index contributed by atoms with van der Waals surface area (Å²) in [6.45, 7) is 12.2. The number of hydrogen-bond acceptors (Lipinski definition) is 2. The smallest absolute Gasteiger partial charge is 0.196 e. The van der Waals surface area contributed by atoms with Gasteiger partial charge in [-0.25, -0.2) is 0 Å². The van der Waals surface area contributed by atoms with Crippen molar-refractivity contribution in [2.45, 2.75) is 41.5 Å². The number of hydrogen-bond donors (Lipinski definition) is 0. The summed E-state index contributed by atoms with van der Waals surface area (Å²) in [6.07, 6.45) is 1.54. The maximum atomic E-state index is 12.7. The normalized spacial score (nSPS) is 10.8. The number of rotatable bonds is 2. The van der Waals surface area contributed by atoms with Crippen molar-refractivity contribution in [1.82, 2.24) is 0 Å². The molecule has 0 radical (unpaired) electrons. The zero-order chi connectivity index (χ0) is 14.3. The fraction of sp³-hybridized carbons (Fsp3) is 0.353. The molecule has 0 N–H and O–H groups in total. The van der Waals surface area contributed by atoms with Crippen LogP contribution < -0.4 is 0 Å². The van der Waals surface area contributed by atoms with E-state index in [2.05, 4.69) is 20.8 Å². The zero-order valence-corrected chi connectivity index (χ0v) is 12.5. The van der Waals surface area contributed by atoms with Crippen LogP contribution in [0.25, 0.3) is 0 Å². The molecule has 0 aliphatic carbocycles. The predicted molar refractivity (Wildman–Crippen MR) is 77.0 cm³/mol. The van der Waals surface area contributed by atoms with Gasteiger partial charge in [0.25, 0.3) is 0 Å². The molecule has 0 aliphatic heterocycles. The van der Waals surface area contributed by atoms with Gasteiger partial charge in [0, 0.05) is 5.56 Å². The molecule has 0 saturated heterocycles. The van der Waals surface area contributed by atoms with Crippen LogP contribution in [0.15, 0.2) is 16.7 Å². The van der Waals surface area contributed by atoms with Crippen LogP contribution >= 0.6 is 0 Å². The number of benzene rings is 1. The third-order valence-electron chi connectivity index (χ3n) is 4.22. The summed E-state index contributed by atoms with van der Waals surface area (Å²) in [5.41, 5.74) is 7.27. The standard InChI is InChI=1S/C17H20O2/c1-9-7-15(8-19-9)17(18)16-13(5)11(3)10(2)12(4)14(16)6/h7-8H,1-6H3. The lowest BCUT2D eigenvalue weighted by atomic mass is 9.86. The minimum absolute atomic E-state index is 0.0538. The molecule has 0 bridgehead atoms. The maximum Gasteiger partial charge on any atom is 0.196 e. The second-order valence-corrected chi connectivity index (χ2v) is 5.28. The van der Waals surface area contributed by atoms with E-state index in [1.54, 1.807) is 12.3 Å². The van der Waals surface area contributed by atoms with Gasteiger partial charge < -0.3 is 4.42 Å². The van der Waals surface area contributed by atoms with Gasteiger partial charge in [-0.1, -0.05) is 0 Å². The molecule has 2 rings (SSSR count). The van der Waals surface area contributed by atoms with E-state index in [1.807, 2.05) is 20.8 Å². The first-order valence-electron chi connectivity index (χ1n) is 6.51. The largest absolute Gasteiger partial charge is 0.469 e. The fourth-order valence-electron chi connectivity index (χ4n) is 2.55. The molecule has 0 saturated carbocycles.